The molecule has 5 heteroatoms. The van der Waals surface area contributed by atoms with E-state index < -0.39 is 0 Å². The molecule has 5 nitrogen and oxygen atoms in total. The quantitative estimate of drug-likeness (QED) is 0.795. The van der Waals surface area contributed by atoms with E-state index in [-0.39, 0.29) is 11.7 Å². The van der Waals surface area contributed by atoms with Crippen molar-refractivity contribution in [2.45, 2.75) is 33.1 Å². The van der Waals surface area contributed by atoms with Gasteiger partial charge < -0.3 is 14.8 Å². The van der Waals surface area contributed by atoms with Gasteiger partial charge in [-0.05, 0) is 55.7 Å². The van der Waals surface area contributed by atoms with Crippen molar-refractivity contribution in [3.8, 4) is 11.5 Å². The molecule has 136 valence electrons. The highest BCUT2D eigenvalue weighted by molar-refractivity contribution is 5.97. The predicted molar refractivity (Wildman–Crippen MR) is 100 cm³/mol. The maximum atomic E-state index is 12.3. The summed E-state index contributed by atoms with van der Waals surface area (Å²) in [4.78, 5) is 24.5. The number of amides is 1. The van der Waals surface area contributed by atoms with Gasteiger partial charge in [-0.1, -0.05) is 12.1 Å². The lowest BCUT2D eigenvalue weighted by atomic mass is 10.0. The van der Waals surface area contributed by atoms with Gasteiger partial charge in [0.25, 0.3) is 0 Å². The molecular weight excluding hydrogens is 330 g/mol. The van der Waals surface area contributed by atoms with Crippen molar-refractivity contribution in [1.29, 1.82) is 0 Å². The Labute approximate surface area is 153 Å². The van der Waals surface area contributed by atoms with Crippen molar-refractivity contribution in [2.24, 2.45) is 0 Å². The minimum absolute atomic E-state index is 0.00140. The van der Waals surface area contributed by atoms with Crippen LogP contribution in [0.3, 0.4) is 0 Å². The Hall–Kier alpha value is -2.82. The van der Waals surface area contributed by atoms with E-state index in [0.29, 0.717) is 49.5 Å². The fraction of sp³-hybridized carbons (Fsp3) is 0.333. The van der Waals surface area contributed by atoms with E-state index in [4.69, 9.17) is 9.47 Å². The molecule has 0 saturated heterocycles. The molecule has 26 heavy (non-hydrogen) atoms. The molecule has 2 aromatic rings. The molecule has 1 aliphatic rings. The van der Waals surface area contributed by atoms with Gasteiger partial charge >= 0.3 is 0 Å². The van der Waals surface area contributed by atoms with Crippen molar-refractivity contribution in [3.05, 3.63) is 53.1 Å². The van der Waals surface area contributed by atoms with Crippen LogP contribution in [-0.2, 0) is 4.79 Å². The summed E-state index contributed by atoms with van der Waals surface area (Å²) in [5, 5.41) is 2.92. The number of benzene rings is 2. The third-order valence-electron chi connectivity index (χ3n) is 4.55. The number of hydrogen-bond acceptors (Lipinski definition) is 4. The number of ether oxygens (including phenoxy) is 2. The van der Waals surface area contributed by atoms with Crippen LogP contribution in [0.2, 0.25) is 0 Å². The lowest BCUT2D eigenvalue weighted by Gasteiger charge is -2.18. The molecule has 2 aromatic carbocycles. The Bertz CT molecular complexity index is 829. The van der Waals surface area contributed by atoms with Gasteiger partial charge in [0.15, 0.2) is 17.3 Å². The van der Waals surface area contributed by atoms with Crippen LogP contribution in [0.5, 0.6) is 11.5 Å². The predicted octanol–water partition coefficient (Wildman–Crippen LogP) is 4.07. The Morgan fingerprint density at radius 1 is 1.00 bits per heavy atom. The largest absolute Gasteiger partial charge is 0.486 e. The summed E-state index contributed by atoms with van der Waals surface area (Å²) in [6.45, 7) is 5.01. The Morgan fingerprint density at radius 2 is 1.77 bits per heavy atom. The van der Waals surface area contributed by atoms with E-state index in [9.17, 15) is 9.59 Å². The molecule has 0 radical (unpaired) electrons. The van der Waals surface area contributed by atoms with Crippen LogP contribution in [0.15, 0.2) is 36.4 Å². The first-order valence-electron chi connectivity index (χ1n) is 8.83. The van der Waals surface area contributed by atoms with Crippen LogP contribution in [0.25, 0.3) is 0 Å². The van der Waals surface area contributed by atoms with Gasteiger partial charge in [-0.2, -0.15) is 0 Å². The number of aryl methyl sites for hydroxylation is 1. The van der Waals surface area contributed by atoms with Crippen molar-refractivity contribution in [3.63, 3.8) is 0 Å². The number of ketones is 1. The summed E-state index contributed by atoms with van der Waals surface area (Å²) >= 11 is 0. The number of fused-ring (bicyclic) bond motifs is 1. The molecule has 3 rings (SSSR count). The van der Waals surface area contributed by atoms with E-state index in [0.717, 1.165) is 16.8 Å². The van der Waals surface area contributed by atoms with Gasteiger partial charge in [0, 0.05) is 24.1 Å². The summed E-state index contributed by atoms with van der Waals surface area (Å²) in [5.41, 5.74) is 3.61. The molecule has 0 saturated carbocycles. The first kappa shape index (κ1) is 18.0. The second-order valence-electron chi connectivity index (χ2n) is 6.43. The lowest BCUT2D eigenvalue weighted by molar-refractivity contribution is -0.116. The summed E-state index contributed by atoms with van der Waals surface area (Å²) < 4.78 is 11.0. The highest BCUT2D eigenvalue weighted by Gasteiger charge is 2.15. The van der Waals surface area contributed by atoms with Crippen molar-refractivity contribution in [1.82, 2.24) is 0 Å². The van der Waals surface area contributed by atoms with Gasteiger partial charge in [0.2, 0.25) is 5.91 Å². The average molecular weight is 353 g/mol. The monoisotopic (exact) mass is 353 g/mol. The van der Waals surface area contributed by atoms with Gasteiger partial charge in [-0.3, -0.25) is 9.59 Å². The van der Waals surface area contributed by atoms with Crippen LogP contribution in [-0.4, -0.2) is 24.9 Å². The molecule has 0 fully saturated rings. The maximum Gasteiger partial charge on any atom is 0.224 e. The zero-order chi connectivity index (χ0) is 18.5. The minimum atomic E-state index is -0.0753. The van der Waals surface area contributed by atoms with Crippen molar-refractivity contribution >= 4 is 17.4 Å². The van der Waals surface area contributed by atoms with Crippen molar-refractivity contribution < 1.29 is 19.1 Å². The van der Waals surface area contributed by atoms with E-state index in [1.807, 2.05) is 32.0 Å². The first-order valence-corrected chi connectivity index (χ1v) is 8.83. The summed E-state index contributed by atoms with van der Waals surface area (Å²) in [5.74, 6) is 1.20. The highest BCUT2D eigenvalue weighted by Crippen LogP contribution is 2.31. The molecule has 0 spiro atoms. The fourth-order valence-corrected chi connectivity index (χ4v) is 2.87. The first-order chi connectivity index (χ1) is 12.5. The molecule has 0 bridgehead atoms. The van der Waals surface area contributed by atoms with Gasteiger partial charge in [-0.25, -0.2) is 0 Å². The Morgan fingerprint density at radius 3 is 2.58 bits per heavy atom. The second-order valence-corrected chi connectivity index (χ2v) is 6.43. The molecule has 0 aromatic heterocycles. The summed E-state index contributed by atoms with van der Waals surface area (Å²) in [6, 6.07) is 11.0. The highest BCUT2D eigenvalue weighted by atomic mass is 16.6. The van der Waals surface area contributed by atoms with Crippen molar-refractivity contribution in [2.75, 3.05) is 18.5 Å². The van der Waals surface area contributed by atoms with E-state index in [1.165, 1.54) is 0 Å². The number of Topliss-reactive ketones (excluding diaryl/α,β-unsaturated/α-hetero) is 1. The SMILES string of the molecule is Cc1cccc(NC(=O)CCCC(=O)c2ccc3c(c2)OCCO3)c1C. The molecule has 0 unspecified atom stereocenters. The van der Waals surface area contributed by atoms with E-state index in [2.05, 4.69) is 5.32 Å². The number of rotatable bonds is 6. The topological polar surface area (TPSA) is 64.6 Å². The number of carbonyl (C=O) groups is 2. The summed E-state index contributed by atoms with van der Waals surface area (Å²) in [6.07, 6.45) is 1.13. The number of hydrogen-bond donors (Lipinski definition) is 1. The third kappa shape index (κ3) is 4.23. The van der Waals surface area contributed by atoms with Crippen LogP contribution >= 0.6 is 0 Å². The van der Waals surface area contributed by atoms with Crippen LogP contribution < -0.4 is 14.8 Å². The maximum absolute atomic E-state index is 12.3. The third-order valence-corrected chi connectivity index (χ3v) is 4.55. The zero-order valence-corrected chi connectivity index (χ0v) is 15.1. The molecule has 1 amide bonds. The molecule has 0 atom stereocenters. The normalized spacial score (nSPS) is 12.5. The number of carbonyl (C=O) groups excluding carboxylic acids is 2. The Balaban J connectivity index is 1.50. The zero-order valence-electron chi connectivity index (χ0n) is 15.1. The van der Waals surface area contributed by atoms with Gasteiger partial charge in [-0.15, -0.1) is 0 Å². The number of nitrogens with one attached hydrogen (secondary N) is 1. The fourth-order valence-electron chi connectivity index (χ4n) is 2.87. The lowest BCUT2D eigenvalue weighted by Crippen LogP contribution is -2.16. The average Bonchev–Trinajstić information content (AvgIpc) is 2.65. The Kier molecular flexibility index (Phi) is 5.56. The van der Waals surface area contributed by atoms with E-state index in [1.54, 1.807) is 18.2 Å². The molecular formula is C21H23NO4. The van der Waals surface area contributed by atoms with E-state index >= 15 is 0 Å². The van der Waals surface area contributed by atoms with Gasteiger partial charge in [0.05, 0.1) is 0 Å². The van der Waals surface area contributed by atoms with Crippen LogP contribution in [0, 0.1) is 13.8 Å². The van der Waals surface area contributed by atoms with Crippen LogP contribution in [0.4, 0.5) is 5.69 Å². The molecule has 0 aliphatic carbocycles. The molecule has 1 heterocycles. The standard InChI is InChI=1S/C21H23NO4/c1-14-5-3-6-17(15(14)2)22-21(24)8-4-7-18(23)16-9-10-19-20(13-16)26-12-11-25-19/h3,5-6,9-10,13H,4,7-8,11-12H2,1-2H3,(H,22,24). The molecule has 1 aliphatic heterocycles. The molecule has 1 N–H and O–H groups in total. The summed E-state index contributed by atoms with van der Waals surface area (Å²) in [7, 11) is 0. The van der Waals surface area contributed by atoms with Crippen LogP contribution in [0.1, 0.15) is 40.7 Å². The van der Waals surface area contributed by atoms with Gasteiger partial charge in [0.1, 0.15) is 13.2 Å². The second kappa shape index (κ2) is 8.04. The number of anilines is 1. The minimum Gasteiger partial charge on any atom is -0.486 e. The smallest absolute Gasteiger partial charge is 0.224 e.